The quantitative estimate of drug-likeness (QED) is 0.178. The molecule has 2 saturated heterocycles. The average molecular weight is 797 g/mol. The van der Waals surface area contributed by atoms with Gasteiger partial charge < -0.3 is 58.0 Å². The second kappa shape index (κ2) is 20.2. The first-order valence-electron chi connectivity index (χ1n) is 17.0. The number of hydrogen-bond acceptors (Lipinski definition) is 19. The van der Waals surface area contributed by atoms with Crippen molar-refractivity contribution in [2.75, 3.05) is 13.2 Å². The highest BCUT2D eigenvalue weighted by Crippen LogP contribution is 2.33. The molecule has 2 N–H and O–H groups in total. The molecule has 308 valence electrons. The first-order chi connectivity index (χ1) is 26.3. The molecule has 0 unspecified atom stereocenters. The van der Waals surface area contributed by atoms with Crippen LogP contribution in [0.3, 0.4) is 0 Å². The number of ether oxygens (including phenoxy) is 10. The van der Waals surface area contributed by atoms with Crippen molar-refractivity contribution < 1.29 is 90.5 Å². The lowest BCUT2D eigenvalue weighted by Crippen LogP contribution is -2.67. The molecule has 21 nitrogen and oxygen atoms in total. The summed E-state index contributed by atoms with van der Waals surface area (Å²) in [4.78, 5) is 111. The summed E-state index contributed by atoms with van der Waals surface area (Å²) < 4.78 is 55.7. The van der Waals surface area contributed by atoms with Gasteiger partial charge in [0.25, 0.3) is 0 Å². The van der Waals surface area contributed by atoms with E-state index in [0.29, 0.717) is 0 Å². The van der Waals surface area contributed by atoms with Gasteiger partial charge in [-0.15, -0.1) is 0 Å². The molecule has 2 fully saturated rings. The highest BCUT2D eigenvalue weighted by atomic mass is 16.7. The topological polar surface area (TPSA) is 270 Å². The standard InChI is InChI=1S/C35H44N2O19/c1-15(38)36-27-31(51-21(7)44)29(49-19(5)42)25(13-47-17(3)40)54-34(27)53-24-12-10-9-11-23(24)33(46)56-35-28(37-16(2)39)32(52-22(8)45)30(50-20(6)43)26(55-35)14-48-18(4)41/h9-12,25-32,34-35H,13-14H2,1-8H3,(H,36,38)(H,37,39)/t25-,26-,27+,28+,29+,30+,31-,32-,34-,35+/m1/s1. The van der Waals surface area contributed by atoms with E-state index in [1.54, 1.807) is 0 Å². The maximum atomic E-state index is 14.0. The van der Waals surface area contributed by atoms with E-state index in [2.05, 4.69) is 10.6 Å². The van der Waals surface area contributed by atoms with Gasteiger partial charge in [0, 0.05) is 55.4 Å². The predicted octanol–water partition coefficient (Wildman–Crippen LogP) is -0.466. The molecule has 2 aliphatic heterocycles. The van der Waals surface area contributed by atoms with Crippen molar-refractivity contribution in [2.24, 2.45) is 0 Å². The molecule has 0 saturated carbocycles. The second-order valence-electron chi connectivity index (χ2n) is 12.5. The molecule has 0 aromatic heterocycles. The lowest BCUT2D eigenvalue weighted by Gasteiger charge is -2.45. The Balaban J connectivity index is 2.07. The Morgan fingerprint density at radius 1 is 0.518 bits per heavy atom. The zero-order chi connectivity index (χ0) is 41.9. The van der Waals surface area contributed by atoms with Crippen LogP contribution in [0.15, 0.2) is 24.3 Å². The van der Waals surface area contributed by atoms with Gasteiger partial charge in [0.1, 0.15) is 48.8 Å². The number of amides is 2. The minimum Gasteiger partial charge on any atom is -0.463 e. The Morgan fingerprint density at radius 3 is 1.32 bits per heavy atom. The number of nitrogens with one attached hydrogen (secondary N) is 2. The van der Waals surface area contributed by atoms with Crippen molar-refractivity contribution in [3.63, 3.8) is 0 Å². The molecule has 0 bridgehead atoms. The molecular formula is C35H44N2O19. The van der Waals surface area contributed by atoms with E-state index in [1.165, 1.54) is 24.3 Å². The Labute approximate surface area is 320 Å². The number of rotatable bonds is 14. The number of hydrogen-bond donors (Lipinski definition) is 2. The molecule has 3 rings (SSSR count). The fraction of sp³-hybridized carbons (Fsp3) is 0.571. The van der Waals surface area contributed by atoms with Crippen molar-refractivity contribution in [3.05, 3.63) is 29.8 Å². The SMILES string of the molecule is CC(=O)N[C@@H]1[C@H](OC(=O)c2ccccc2O[C@@H]2O[C@H](COC(C)=O)[C@H](OC(C)=O)[C@H](OC(C)=O)[C@@H]2NC(C)=O)O[C@H](COC(C)=O)[C@H](OC(C)=O)[C@@H]1OC(C)=O. The van der Waals surface area contributed by atoms with Crippen LogP contribution in [0.4, 0.5) is 0 Å². The minimum absolute atomic E-state index is 0.255. The molecule has 2 heterocycles. The third-order valence-electron chi connectivity index (χ3n) is 7.72. The minimum atomic E-state index is -1.79. The van der Waals surface area contributed by atoms with Gasteiger partial charge in [0.2, 0.25) is 24.4 Å². The molecule has 1 aromatic carbocycles. The summed E-state index contributed by atoms with van der Waals surface area (Å²) in [5.74, 6) is -7.68. The third-order valence-corrected chi connectivity index (χ3v) is 7.72. The van der Waals surface area contributed by atoms with Crippen LogP contribution in [-0.2, 0) is 81.0 Å². The largest absolute Gasteiger partial charge is 0.463 e. The predicted molar refractivity (Wildman–Crippen MR) is 180 cm³/mol. The number of esters is 7. The third kappa shape index (κ3) is 12.9. The second-order valence-corrected chi connectivity index (χ2v) is 12.5. The van der Waals surface area contributed by atoms with Crippen LogP contribution in [0.5, 0.6) is 5.75 Å². The van der Waals surface area contributed by atoms with Crippen LogP contribution in [0.2, 0.25) is 0 Å². The number of carbonyl (C=O) groups is 9. The van der Waals surface area contributed by atoms with Crippen LogP contribution in [0.25, 0.3) is 0 Å². The van der Waals surface area contributed by atoms with E-state index >= 15 is 0 Å². The highest BCUT2D eigenvalue weighted by Gasteiger charge is 2.54. The van der Waals surface area contributed by atoms with E-state index < -0.39 is 128 Å². The maximum absolute atomic E-state index is 14.0. The summed E-state index contributed by atoms with van der Waals surface area (Å²) in [5, 5.41) is 5.02. The van der Waals surface area contributed by atoms with Crippen molar-refractivity contribution >= 4 is 53.6 Å². The van der Waals surface area contributed by atoms with Gasteiger partial charge in [-0.1, -0.05) is 12.1 Å². The smallest absolute Gasteiger partial charge is 0.344 e. The van der Waals surface area contributed by atoms with E-state index in [9.17, 15) is 43.2 Å². The van der Waals surface area contributed by atoms with Gasteiger partial charge in [-0.25, -0.2) is 4.79 Å². The number of para-hydroxylation sites is 1. The molecule has 21 heteroatoms. The number of benzene rings is 1. The van der Waals surface area contributed by atoms with Crippen molar-refractivity contribution in [3.8, 4) is 5.75 Å². The number of carbonyl (C=O) groups excluding carboxylic acids is 9. The Hall–Kier alpha value is -5.83. The summed E-state index contributed by atoms with van der Waals surface area (Å²) in [5.41, 5.74) is -0.312. The van der Waals surface area contributed by atoms with Crippen LogP contribution >= 0.6 is 0 Å². The first kappa shape index (κ1) is 44.6. The zero-order valence-corrected chi connectivity index (χ0v) is 31.8. The molecule has 0 radical (unpaired) electrons. The summed E-state index contributed by atoms with van der Waals surface area (Å²) in [6, 6.07) is 2.53. The van der Waals surface area contributed by atoms with Crippen LogP contribution in [0, 0.1) is 0 Å². The van der Waals surface area contributed by atoms with E-state index in [0.717, 1.165) is 55.4 Å². The molecule has 1 aromatic rings. The summed E-state index contributed by atoms with van der Waals surface area (Å²) in [6.45, 7) is 7.58. The fourth-order valence-electron chi connectivity index (χ4n) is 5.81. The maximum Gasteiger partial charge on any atom is 0.344 e. The van der Waals surface area contributed by atoms with Gasteiger partial charge in [-0.3, -0.25) is 38.4 Å². The van der Waals surface area contributed by atoms with E-state index in [4.69, 9.17) is 47.4 Å². The summed E-state index contributed by atoms with van der Waals surface area (Å²) in [7, 11) is 0. The van der Waals surface area contributed by atoms with E-state index in [1.807, 2.05) is 0 Å². The molecule has 2 aliphatic rings. The molecule has 0 aliphatic carbocycles. The van der Waals surface area contributed by atoms with Crippen LogP contribution < -0.4 is 15.4 Å². The lowest BCUT2D eigenvalue weighted by atomic mass is 9.96. The van der Waals surface area contributed by atoms with Crippen molar-refractivity contribution in [2.45, 2.75) is 117 Å². The molecule has 2 amide bonds. The Bertz CT molecular complexity index is 1660. The fourth-order valence-corrected chi connectivity index (χ4v) is 5.81. The van der Waals surface area contributed by atoms with E-state index in [-0.39, 0.29) is 11.3 Å². The highest BCUT2D eigenvalue weighted by molar-refractivity contribution is 5.92. The molecule has 0 spiro atoms. The van der Waals surface area contributed by atoms with Crippen molar-refractivity contribution in [1.29, 1.82) is 0 Å². The van der Waals surface area contributed by atoms with Gasteiger partial charge in [-0.2, -0.15) is 0 Å². The zero-order valence-electron chi connectivity index (χ0n) is 31.8. The normalized spacial score (nSPS) is 26.9. The van der Waals surface area contributed by atoms with Crippen LogP contribution in [-0.4, -0.2) is 128 Å². The van der Waals surface area contributed by atoms with Gasteiger partial charge in [-0.05, 0) is 12.1 Å². The Morgan fingerprint density at radius 2 is 0.911 bits per heavy atom. The molecule has 56 heavy (non-hydrogen) atoms. The van der Waals surface area contributed by atoms with Gasteiger partial charge in [0.15, 0.2) is 24.4 Å². The summed E-state index contributed by atoms with van der Waals surface area (Å²) in [6.07, 6.45) is -12.1. The monoisotopic (exact) mass is 796 g/mol. The van der Waals surface area contributed by atoms with Gasteiger partial charge in [0.05, 0.1) is 0 Å². The van der Waals surface area contributed by atoms with Crippen LogP contribution in [0.1, 0.15) is 65.7 Å². The van der Waals surface area contributed by atoms with Crippen molar-refractivity contribution in [1.82, 2.24) is 10.6 Å². The van der Waals surface area contributed by atoms with Gasteiger partial charge >= 0.3 is 41.8 Å². The molecule has 10 atom stereocenters. The molecular weight excluding hydrogens is 752 g/mol. The average Bonchev–Trinajstić information content (AvgIpc) is 3.07. The Kier molecular flexibility index (Phi) is 16.1. The first-order valence-corrected chi connectivity index (χ1v) is 17.0. The summed E-state index contributed by atoms with van der Waals surface area (Å²) >= 11 is 0. The lowest BCUT2D eigenvalue weighted by molar-refractivity contribution is -0.264.